The standard InChI is InChI=1S/C15H15BrN2O2/c16-14-11-13(8-9-15(14)18(19)20)17-10-4-7-12-5-2-1-3-6-12/h1-3,5-6,8-9,11,17H,4,7,10H2. The molecule has 4 nitrogen and oxygen atoms in total. The Hall–Kier alpha value is -1.88. The fourth-order valence-electron chi connectivity index (χ4n) is 1.93. The van der Waals surface area contributed by atoms with E-state index >= 15 is 0 Å². The molecule has 0 aliphatic rings. The molecule has 20 heavy (non-hydrogen) atoms. The van der Waals surface area contributed by atoms with Crippen molar-refractivity contribution in [1.29, 1.82) is 0 Å². The average molecular weight is 335 g/mol. The normalized spacial score (nSPS) is 10.2. The molecule has 0 aliphatic heterocycles. The first-order valence-electron chi connectivity index (χ1n) is 6.38. The lowest BCUT2D eigenvalue weighted by Crippen LogP contribution is -2.03. The van der Waals surface area contributed by atoms with E-state index in [4.69, 9.17) is 0 Å². The van der Waals surface area contributed by atoms with Crippen LogP contribution in [-0.4, -0.2) is 11.5 Å². The van der Waals surface area contributed by atoms with Gasteiger partial charge in [-0.15, -0.1) is 0 Å². The van der Waals surface area contributed by atoms with Crippen molar-refractivity contribution in [2.24, 2.45) is 0 Å². The Kier molecular flexibility index (Phi) is 5.12. The number of nitro benzene ring substituents is 1. The first-order chi connectivity index (χ1) is 9.66. The van der Waals surface area contributed by atoms with Gasteiger partial charge in [0.2, 0.25) is 0 Å². The molecular formula is C15H15BrN2O2. The second-order valence-corrected chi connectivity index (χ2v) is 5.29. The van der Waals surface area contributed by atoms with E-state index in [-0.39, 0.29) is 5.69 Å². The summed E-state index contributed by atoms with van der Waals surface area (Å²) in [6.45, 7) is 0.832. The summed E-state index contributed by atoms with van der Waals surface area (Å²) in [5.74, 6) is 0. The Labute approximate surface area is 126 Å². The van der Waals surface area contributed by atoms with Crippen LogP contribution >= 0.6 is 15.9 Å². The largest absolute Gasteiger partial charge is 0.385 e. The van der Waals surface area contributed by atoms with Crippen molar-refractivity contribution >= 4 is 27.3 Å². The van der Waals surface area contributed by atoms with Gasteiger partial charge in [0.15, 0.2) is 0 Å². The first-order valence-corrected chi connectivity index (χ1v) is 7.18. The number of nitrogens with one attached hydrogen (secondary N) is 1. The number of halogens is 1. The van der Waals surface area contributed by atoms with Crippen molar-refractivity contribution in [3.05, 3.63) is 68.7 Å². The molecule has 1 N–H and O–H groups in total. The van der Waals surface area contributed by atoms with Crippen molar-refractivity contribution in [2.45, 2.75) is 12.8 Å². The number of rotatable bonds is 6. The molecule has 0 aliphatic carbocycles. The van der Waals surface area contributed by atoms with Gasteiger partial charge in [-0.3, -0.25) is 10.1 Å². The maximum absolute atomic E-state index is 10.7. The lowest BCUT2D eigenvalue weighted by Gasteiger charge is -2.07. The molecule has 0 amide bonds. The summed E-state index contributed by atoms with van der Waals surface area (Å²) in [7, 11) is 0. The van der Waals surface area contributed by atoms with Gasteiger partial charge in [0, 0.05) is 18.3 Å². The highest BCUT2D eigenvalue weighted by Gasteiger charge is 2.11. The maximum atomic E-state index is 10.7. The second kappa shape index (κ2) is 7.05. The van der Waals surface area contributed by atoms with Crippen LogP contribution in [0.25, 0.3) is 0 Å². The van der Waals surface area contributed by atoms with Crippen LogP contribution in [0.5, 0.6) is 0 Å². The van der Waals surface area contributed by atoms with E-state index in [1.54, 1.807) is 12.1 Å². The van der Waals surface area contributed by atoms with Crippen LogP contribution in [0.3, 0.4) is 0 Å². The van der Waals surface area contributed by atoms with E-state index in [0.29, 0.717) is 4.47 Å². The van der Waals surface area contributed by atoms with Crippen LogP contribution in [0.15, 0.2) is 53.0 Å². The van der Waals surface area contributed by atoms with Crippen LogP contribution < -0.4 is 5.32 Å². The number of benzene rings is 2. The molecule has 0 radical (unpaired) electrons. The summed E-state index contributed by atoms with van der Waals surface area (Å²) in [4.78, 5) is 10.3. The van der Waals surface area contributed by atoms with Gasteiger partial charge in [-0.2, -0.15) is 0 Å². The van der Waals surface area contributed by atoms with Crippen molar-refractivity contribution in [3.8, 4) is 0 Å². The molecule has 0 atom stereocenters. The molecule has 0 aromatic heterocycles. The van der Waals surface area contributed by atoms with E-state index in [2.05, 4.69) is 33.4 Å². The molecule has 0 heterocycles. The summed E-state index contributed by atoms with van der Waals surface area (Å²) >= 11 is 3.21. The average Bonchev–Trinajstić information content (AvgIpc) is 2.44. The topological polar surface area (TPSA) is 55.2 Å². The van der Waals surface area contributed by atoms with Gasteiger partial charge < -0.3 is 5.32 Å². The number of nitrogens with zero attached hydrogens (tertiary/aromatic N) is 1. The molecule has 0 spiro atoms. The zero-order valence-corrected chi connectivity index (χ0v) is 12.5. The molecule has 104 valence electrons. The van der Waals surface area contributed by atoms with E-state index in [1.807, 2.05) is 18.2 Å². The van der Waals surface area contributed by atoms with Crippen molar-refractivity contribution in [3.63, 3.8) is 0 Å². The summed E-state index contributed by atoms with van der Waals surface area (Å²) in [6.07, 6.45) is 2.03. The third-order valence-electron chi connectivity index (χ3n) is 2.96. The van der Waals surface area contributed by atoms with Crippen LogP contribution in [-0.2, 0) is 6.42 Å². The number of anilines is 1. The zero-order valence-electron chi connectivity index (χ0n) is 10.9. The summed E-state index contributed by atoms with van der Waals surface area (Å²) in [5.41, 5.74) is 2.29. The molecule has 0 bridgehead atoms. The number of nitro groups is 1. The summed E-state index contributed by atoms with van der Waals surface area (Å²) in [6, 6.07) is 15.3. The molecule has 2 aromatic rings. The van der Waals surface area contributed by atoms with E-state index in [1.165, 1.54) is 11.6 Å². The van der Waals surface area contributed by atoms with Gasteiger partial charge in [-0.05, 0) is 46.5 Å². The fraction of sp³-hybridized carbons (Fsp3) is 0.200. The molecule has 2 aromatic carbocycles. The molecule has 0 saturated heterocycles. The molecular weight excluding hydrogens is 320 g/mol. The van der Waals surface area contributed by atoms with Gasteiger partial charge in [0.1, 0.15) is 0 Å². The Bertz CT molecular complexity index is 588. The van der Waals surface area contributed by atoms with Gasteiger partial charge in [-0.25, -0.2) is 0 Å². The predicted molar refractivity (Wildman–Crippen MR) is 84.0 cm³/mol. The second-order valence-electron chi connectivity index (χ2n) is 4.44. The molecule has 0 saturated carbocycles. The third-order valence-corrected chi connectivity index (χ3v) is 3.59. The van der Waals surface area contributed by atoms with Crippen molar-refractivity contribution in [1.82, 2.24) is 0 Å². The Morgan fingerprint density at radius 3 is 2.55 bits per heavy atom. The Morgan fingerprint density at radius 1 is 1.15 bits per heavy atom. The van der Waals surface area contributed by atoms with Crippen LogP contribution in [0.2, 0.25) is 0 Å². The van der Waals surface area contributed by atoms with Gasteiger partial charge in [0.05, 0.1) is 9.40 Å². The third kappa shape index (κ3) is 4.06. The molecule has 0 unspecified atom stereocenters. The first kappa shape index (κ1) is 14.5. The van der Waals surface area contributed by atoms with Crippen molar-refractivity contribution < 1.29 is 4.92 Å². The van der Waals surface area contributed by atoms with Gasteiger partial charge in [0.25, 0.3) is 5.69 Å². The lowest BCUT2D eigenvalue weighted by molar-refractivity contribution is -0.385. The van der Waals surface area contributed by atoms with E-state index in [0.717, 1.165) is 25.1 Å². The van der Waals surface area contributed by atoms with Crippen LogP contribution in [0.4, 0.5) is 11.4 Å². The van der Waals surface area contributed by atoms with E-state index in [9.17, 15) is 10.1 Å². The zero-order chi connectivity index (χ0) is 14.4. The molecule has 2 rings (SSSR count). The van der Waals surface area contributed by atoms with Gasteiger partial charge in [-0.1, -0.05) is 30.3 Å². The monoisotopic (exact) mass is 334 g/mol. The Balaban J connectivity index is 1.83. The quantitative estimate of drug-likeness (QED) is 0.483. The highest BCUT2D eigenvalue weighted by Crippen LogP contribution is 2.27. The maximum Gasteiger partial charge on any atom is 0.283 e. The smallest absolute Gasteiger partial charge is 0.283 e. The summed E-state index contributed by atoms with van der Waals surface area (Å²) < 4.78 is 0.496. The van der Waals surface area contributed by atoms with Gasteiger partial charge >= 0.3 is 0 Å². The minimum absolute atomic E-state index is 0.0832. The number of hydrogen-bond acceptors (Lipinski definition) is 3. The molecule has 0 fully saturated rings. The summed E-state index contributed by atoms with van der Waals surface area (Å²) in [5, 5.41) is 14.0. The minimum atomic E-state index is -0.400. The van der Waals surface area contributed by atoms with E-state index < -0.39 is 4.92 Å². The number of aryl methyl sites for hydroxylation is 1. The van der Waals surface area contributed by atoms with Crippen molar-refractivity contribution in [2.75, 3.05) is 11.9 Å². The highest BCUT2D eigenvalue weighted by molar-refractivity contribution is 9.10. The minimum Gasteiger partial charge on any atom is -0.385 e. The van der Waals surface area contributed by atoms with Crippen LogP contribution in [0.1, 0.15) is 12.0 Å². The Morgan fingerprint density at radius 2 is 1.90 bits per heavy atom. The predicted octanol–water partition coefficient (Wildman–Crippen LogP) is 4.40. The highest BCUT2D eigenvalue weighted by atomic mass is 79.9. The SMILES string of the molecule is O=[N+]([O-])c1ccc(NCCCc2ccccc2)cc1Br. The molecule has 5 heteroatoms. The number of hydrogen-bond donors (Lipinski definition) is 1. The lowest BCUT2D eigenvalue weighted by atomic mass is 10.1. The van der Waals surface area contributed by atoms with Crippen LogP contribution in [0, 0.1) is 10.1 Å². The fourth-order valence-corrected chi connectivity index (χ4v) is 2.46.